The number of nitrogens with zero attached hydrogens (tertiary/aromatic N) is 6. The van der Waals surface area contributed by atoms with Crippen LogP contribution in [0.4, 0.5) is 0 Å². The van der Waals surface area contributed by atoms with Gasteiger partial charge in [0, 0.05) is 51.2 Å². The maximum Gasteiger partial charge on any atom is 0.274 e. The summed E-state index contributed by atoms with van der Waals surface area (Å²) in [5, 5.41) is 0. The Morgan fingerprint density at radius 3 is 2.54 bits per heavy atom. The van der Waals surface area contributed by atoms with Crippen LogP contribution in [0.3, 0.4) is 0 Å². The van der Waals surface area contributed by atoms with Crippen LogP contribution < -0.4 is 0 Å². The molecule has 0 unspecified atom stereocenters. The number of carbonyl (C=O) groups is 1. The van der Waals surface area contributed by atoms with Gasteiger partial charge in [-0.2, -0.15) is 0 Å². The van der Waals surface area contributed by atoms with E-state index in [1.54, 1.807) is 29.5 Å². The van der Waals surface area contributed by atoms with E-state index in [0.717, 1.165) is 43.9 Å². The van der Waals surface area contributed by atoms with Crippen LogP contribution in [-0.4, -0.2) is 62.4 Å². The molecule has 3 rings (SSSR count). The minimum atomic E-state index is 0.0155. The topological polar surface area (TPSA) is 67.2 Å². The summed E-state index contributed by atoms with van der Waals surface area (Å²) in [5.41, 5.74) is 2.64. The molecule has 7 heteroatoms. The molecule has 3 heterocycles. The molecule has 7 nitrogen and oxygen atoms in total. The van der Waals surface area contributed by atoms with Crippen molar-refractivity contribution < 1.29 is 4.79 Å². The molecule has 1 saturated heterocycles. The lowest BCUT2D eigenvalue weighted by atomic mass is 9.91. The minimum absolute atomic E-state index is 0.0155. The Hall–Kier alpha value is -2.28. The molecule has 0 atom stereocenters. The van der Waals surface area contributed by atoms with E-state index in [4.69, 9.17) is 0 Å². The van der Waals surface area contributed by atoms with Gasteiger partial charge in [-0.3, -0.25) is 14.8 Å². The number of amides is 1. The Labute approximate surface area is 142 Å². The standard InChI is InChI=1S/C17H24N6O/c1-21(2)10-14-16(19-7-6-18-14)13-4-8-23(9-5-13)17(24)15-11-22(3)12-20-15/h6-7,11-13H,4-5,8-10H2,1-3H3. The number of aryl methyl sites for hydroxylation is 1. The second-order valence-electron chi connectivity index (χ2n) is 6.62. The summed E-state index contributed by atoms with van der Waals surface area (Å²) in [4.78, 5) is 29.7. The maximum absolute atomic E-state index is 12.5. The van der Waals surface area contributed by atoms with Crippen molar-refractivity contribution in [1.82, 2.24) is 29.3 Å². The normalized spacial score (nSPS) is 15.9. The second kappa shape index (κ2) is 7.09. The largest absolute Gasteiger partial charge is 0.340 e. The molecule has 0 bridgehead atoms. The SMILES string of the molecule is CN(C)Cc1nccnc1C1CCN(C(=O)c2cn(C)cn2)CC1. The van der Waals surface area contributed by atoms with E-state index in [2.05, 4.69) is 19.9 Å². The van der Waals surface area contributed by atoms with E-state index in [1.807, 2.05) is 26.0 Å². The molecular formula is C17H24N6O. The third-order valence-corrected chi connectivity index (χ3v) is 4.37. The van der Waals surface area contributed by atoms with Crippen molar-refractivity contribution >= 4 is 5.91 Å². The van der Waals surface area contributed by atoms with Crippen LogP contribution in [0, 0.1) is 0 Å². The summed E-state index contributed by atoms with van der Waals surface area (Å²) in [6.07, 6.45) is 8.77. The molecule has 24 heavy (non-hydrogen) atoms. The van der Waals surface area contributed by atoms with Gasteiger partial charge in [-0.25, -0.2) is 4.98 Å². The van der Waals surface area contributed by atoms with Crippen LogP contribution in [0.2, 0.25) is 0 Å². The first-order valence-corrected chi connectivity index (χ1v) is 8.26. The number of carbonyl (C=O) groups excluding carboxylic acids is 1. The van der Waals surface area contributed by atoms with Gasteiger partial charge in [-0.1, -0.05) is 0 Å². The van der Waals surface area contributed by atoms with Crippen LogP contribution in [0.15, 0.2) is 24.9 Å². The van der Waals surface area contributed by atoms with Crippen molar-refractivity contribution in [3.63, 3.8) is 0 Å². The quantitative estimate of drug-likeness (QED) is 0.846. The zero-order valence-corrected chi connectivity index (χ0v) is 14.5. The lowest BCUT2D eigenvalue weighted by molar-refractivity contribution is 0.0706. The zero-order chi connectivity index (χ0) is 17.1. The lowest BCUT2D eigenvalue weighted by Crippen LogP contribution is -2.38. The summed E-state index contributed by atoms with van der Waals surface area (Å²) in [6.45, 7) is 2.26. The smallest absolute Gasteiger partial charge is 0.274 e. The van der Waals surface area contributed by atoms with E-state index in [-0.39, 0.29) is 5.91 Å². The molecule has 1 fully saturated rings. The first kappa shape index (κ1) is 16.6. The molecule has 0 spiro atoms. The van der Waals surface area contributed by atoms with Crippen LogP contribution in [0.5, 0.6) is 0 Å². The van der Waals surface area contributed by atoms with Crippen molar-refractivity contribution in [2.45, 2.75) is 25.3 Å². The molecule has 2 aromatic heterocycles. The average molecular weight is 328 g/mol. The number of hydrogen-bond acceptors (Lipinski definition) is 5. The Bertz CT molecular complexity index is 703. The van der Waals surface area contributed by atoms with Crippen LogP contribution in [0.1, 0.15) is 40.6 Å². The van der Waals surface area contributed by atoms with Gasteiger partial charge in [0.15, 0.2) is 0 Å². The van der Waals surface area contributed by atoms with Crippen molar-refractivity contribution in [3.05, 3.63) is 42.0 Å². The molecule has 1 amide bonds. The molecule has 1 aliphatic heterocycles. The van der Waals surface area contributed by atoms with Gasteiger partial charge in [-0.15, -0.1) is 0 Å². The Morgan fingerprint density at radius 2 is 1.92 bits per heavy atom. The molecule has 1 aliphatic rings. The highest BCUT2D eigenvalue weighted by Crippen LogP contribution is 2.29. The number of rotatable bonds is 4. The van der Waals surface area contributed by atoms with Gasteiger partial charge < -0.3 is 14.4 Å². The molecule has 0 N–H and O–H groups in total. The number of imidazole rings is 1. The first-order chi connectivity index (χ1) is 11.5. The van der Waals surface area contributed by atoms with Gasteiger partial charge in [0.05, 0.1) is 17.7 Å². The highest BCUT2D eigenvalue weighted by molar-refractivity contribution is 5.92. The van der Waals surface area contributed by atoms with E-state index in [1.165, 1.54) is 0 Å². The lowest BCUT2D eigenvalue weighted by Gasteiger charge is -2.32. The second-order valence-corrected chi connectivity index (χ2v) is 6.62. The van der Waals surface area contributed by atoms with Crippen LogP contribution in [0.25, 0.3) is 0 Å². The summed E-state index contributed by atoms with van der Waals surface area (Å²) < 4.78 is 1.80. The average Bonchev–Trinajstić information content (AvgIpc) is 3.01. The molecule has 0 radical (unpaired) electrons. The number of aromatic nitrogens is 4. The van der Waals surface area contributed by atoms with Gasteiger partial charge >= 0.3 is 0 Å². The zero-order valence-electron chi connectivity index (χ0n) is 14.5. The number of piperidine rings is 1. The van der Waals surface area contributed by atoms with Gasteiger partial charge in [0.2, 0.25) is 0 Å². The molecular weight excluding hydrogens is 304 g/mol. The number of hydrogen-bond donors (Lipinski definition) is 0. The fourth-order valence-corrected chi connectivity index (χ4v) is 3.18. The molecule has 128 valence electrons. The van der Waals surface area contributed by atoms with Gasteiger partial charge in [-0.05, 0) is 26.9 Å². The summed E-state index contributed by atoms with van der Waals surface area (Å²) in [7, 11) is 5.94. The number of likely N-dealkylation sites (tertiary alicyclic amines) is 1. The first-order valence-electron chi connectivity index (χ1n) is 8.26. The Balaban J connectivity index is 1.66. The van der Waals surface area contributed by atoms with Crippen LogP contribution >= 0.6 is 0 Å². The van der Waals surface area contributed by atoms with E-state index in [0.29, 0.717) is 11.6 Å². The van der Waals surface area contributed by atoms with Crippen molar-refractivity contribution in [2.75, 3.05) is 27.2 Å². The maximum atomic E-state index is 12.5. The predicted molar refractivity (Wildman–Crippen MR) is 90.5 cm³/mol. The molecule has 0 aromatic carbocycles. The van der Waals surface area contributed by atoms with Crippen molar-refractivity contribution in [2.24, 2.45) is 7.05 Å². The van der Waals surface area contributed by atoms with Gasteiger partial charge in [0.1, 0.15) is 5.69 Å². The third kappa shape index (κ3) is 3.62. The fourth-order valence-electron chi connectivity index (χ4n) is 3.18. The predicted octanol–water partition coefficient (Wildman–Crippen LogP) is 1.29. The fraction of sp³-hybridized carbons (Fsp3) is 0.529. The van der Waals surface area contributed by atoms with Crippen LogP contribution in [-0.2, 0) is 13.6 Å². The van der Waals surface area contributed by atoms with E-state index < -0.39 is 0 Å². The van der Waals surface area contributed by atoms with Gasteiger partial charge in [0.25, 0.3) is 5.91 Å². The minimum Gasteiger partial charge on any atom is -0.340 e. The summed E-state index contributed by atoms with van der Waals surface area (Å²) >= 11 is 0. The molecule has 0 aliphatic carbocycles. The van der Waals surface area contributed by atoms with Crippen molar-refractivity contribution in [3.8, 4) is 0 Å². The van der Waals surface area contributed by atoms with Crippen molar-refractivity contribution in [1.29, 1.82) is 0 Å². The molecule has 2 aromatic rings. The third-order valence-electron chi connectivity index (χ3n) is 4.37. The highest BCUT2D eigenvalue weighted by atomic mass is 16.2. The van der Waals surface area contributed by atoms with E-state index >= 15 is 0 Å². The Kier molecular flexibility index (Phi) is 4.89. The Morgan fingerprint density at radius 1 is 1.21 bits per heavy atom. The highest BCUT2D eigenvalue weighted by Gasteiger charge is 2.27. The molecule has 0 saturated carbocycles. The monoisotopic (exact) mass is 328 g/mol. The summed E-state index contributed by atoms with van der Waals surface area (Å²) in [5.74, 6) is 0.378. The van der Waals surface area contributed by atoms with E-state index in [9.17, 15) is 4.79 Å². The summed E-state index contributed by atoms with van der Waals surface area (Å²) in [6, 6.07) is 0.